The van der Waals surface area contributed by atoms with Crippen molar-refractivity contribution in [2.45, 2.75) is 6.54 Å². The van der Waals surface area contributed by atoms with E-state index >= 15 is 0 Å². The number of amides is 1. The zero-order valence-electron chi connectivity index (χ0n) is 10.2. The van der Waals surface area contributed by atoms with E-state index < -0.39 is 0 Å². The average molecular weight is 232 g/mol. The van der Waals surface area contributed by atoms with Crippen LogP contribution < -0.4 is 16.0 Å². The molecule has 0 radical (unpaired) electrons. The van der Waals surface area contributed by atoms with Gasteiger partial charge in [0, 0.05) is 32.4 Å². The lowest BCUT2D eigenvalue weighted by atomic mass is 10.0. The Labute approximate surface area is 100 Å². The summed E-state index contributed by atoms with van der Waals surface area (Å²) in [5, 5.41) is 2.64. The second-order valence-corrected chi connectivity index (χ2v) is 4.20. The summed E-state index contributed by atoms with van der Waals surface area (Å²) < 4.78 is 0. The number of hydrogen-bond donors (Lipinski definition) is 2. The third-order valence-electron chi connectivity index (χ3n) is 2.87. The zero-order valence-corrected chi connectivity index (χ0v) is 10.2. The van der Waals surface area contributed by atoms with Gasteiger partial charge in [0.1, 0.15) is 5.84 Å². The first kappa shape index (κ1) is 11.4. The van der Waals surface area contributed by atoms with Gasteiger partial charge >= 0.3 is 0 Å². The molecule has 0 spiro atoms. The molecule has 0 aliphatic carbocycles. The first-order valence-electron chi connectivity index (χ1n) is 5.41. The SMILES string of the molecule is CNC(=O)c1cc2c(cc1N(C)C)CN=C2N. The molecular weight excluding hydrogens is 216 g/mol. The summed E-state index contributed by atoms with van der Waals surface area (Å²) in [4.78, 5) is 17.9. The number of amidine groups is 1. The first-order chi connectivity index (χ1) is 8.04. The van der Waals surface area contributed by atoms with Gasteiger partial charge in [0.2, 0.25) is 0 Å². The number of nitrogens with one attached hydrogen (secondary N) is 1. The molecule has 0 saturated heterocycles. The summed E-state index contributed by atoms with van der Waals surface area (Å²) in [7, 11) is 5.44. The molecule has 1 heterocycles. The maximum Gasteiger partial charge on any atom is 0.253 e. The third kappa shape index (κ3) is 1.84. The predicted molar refractivity (Wildman–Crippen MR) is 68.6 cm³/mol. The second kappa shape index (κ2) is 4.08. The van der Waals surface area contributed by atoms with Gasteiger partial charge in [-0.15, -0.1) is 0 Å². The van der Waals surface area contributed by atoms with Crippen LogP contribution in [0.25, 0.3) is 0 Å². The Hall–Kier alpha value is -2.04. The van der Waals surface area contributed by atoms with E-state index in [2.05, 4.69) is 10.3 Å². The Kier molecular flexibility index (Phi) is 2.75. The average Bonchev–Trinajstić information content (AvgIpc) is 2.68. The molecule has 1 aliphatic rings. The van der Waals surface area contributed by atoms with Crippen molar-refractivity contribution < 1.29 is 4.79 Å². The van der Waals surface area contributed by atoms with E-state index in [9.17, 15) is 4.79 Å². The van der Waals surface area contributed by atoms with Crippen LogP contribution in [0.1, 0.15) is 21.5 Å². The summed E-state index contributed by atoms with van der Waals surface area (Å²) in [6, 6.07) is 3.79. The minimum atomic E-state index is -0.115. The molecule has 1 aromatic carbocycles. The van der Waals surface area contributed by atoms with Crippen LogP contribution in [0, 0.1) is 0 Å². The first-order valence-corrected chi connectivity index (χ1v) is 5.41. The molecule has 5 heteroatoms. The Morgan fingerprint density at radius 2 is 2.18 bits per heavy atom. The molecule has 5 nitrogen and oxygen atoms in total. The van der Waals surface area contributed by atoms with Crippen LogP contribution in [-0.2, 0) is 6.54 Å². The van der Waals surface area contributed by atoms with E-state index in [1.54, 1.807) is 7.05 Å². The molecule has 0 saturated carbocycles. The molecule has 1 aromatic rings. The predicted octanol–water partition coefficient (Wildman–Crippen LogP) is 0.331. The van der Waals surface area contributed by atoms with Gasteiger partial charge in [-0.3, -0.25) is 9.79 Å². The molecule has 1 amide bonds. The number of carbonyl (C=O) groups is 1. The Balaban J connectivity index is 2.59. The van der Waals surface area contributed by atoms with E-state index in [0.717, 1.165) is 16.8 Å². The van der Waals surface area contributed by atoms with Crippen LogP contribution in [0.4, 0.5) is 5.69 Å². The smallest absolute Gasteiger partial charge is 0.253 e. The highest BCUT2D eigenvalue weighted by atomic mass is 16.1. The number of rotatable bonds is 2. The number of hydrogen-bond acceptors (Lipinski definition) is 4. The van der Waals surface area contributed by atoms with Crippen LogP contribution in [0.3, 0.4) is 0 Å². The van der Waals surface area contributed by atoms with Crippen molar-refractivity contribution in [3.8, 4) is 0 Å². The van der Waals surface area contributed by atoms with Gasteiger partial charge in [0.25, 0.3) is 5.91 Å². The van der Waals surface area contributed by atoms with Crippen LogP contribution in [0.2, 0.25) is 0 Å². The van der Waals surface area contributed by atoms with Gasteiger partial charge in [0.15, 0.2) is 0 Å². The number of carbonyl (C=O) groups excluding carboxylic acids is 1. The normalized spacial score (nSPS) is 13.0. The standard InChI is InChI=1S/C12H16N4O/c1-14-12(17)9-5-8-7(6-15-11(8)13)4-10(9)16(2)3/h4-5H,6H2,1-3H3,(H2,13,15)(H,14,17). The molecule has 0 bridgehead atoms. The minimum Gasteiger partial charge on any atom is -0.383 e. The van der Waals surface area contributed by atoms with Gasteiger partial charge in [-0.25, -0.2) is 0 Å². The maximum atomic E-state index is 11.8. The number of nitrogens with zero attached hydrogens (tertiary/aromatic N) is 2. The molecule has 0 aromatic heterocycles. The van der Waals surface area contributed by atoms with Gasteiger partial charge < -0.3 is 16.0 Å². The van der Waals surface area contributed by atoms with Gasteiger partial charge in [-0.05, 0) is 17.7 Å². The van der Waals surface area contributed by atoms with Crippen molar-refractivity contribution in [3.63, 3.8) is 0 Å². The number of fused-ring (bicyclic) bond motifs is 1. The topological polar surface area (TPSA) is 70.7 Å². The van der Waals surface area contributed by atoms with Gasteiger partial charge in [-0.2, -0.15) is 0 Å². The van der Waals surface area contributed by atoms with E-state index in [-0.39, 0.29) is 5.91 Å². The number of nitrogens with two attached hydrogens (primary N) is 1. The van der Waals surface area contributed by atoms with Crippen LogP contribution in [0.15, 0.2) is 17.1 Å². The molecule has 0 fully saturated rings. The highest BCUT2D eigenvalue weighted by molar-refractivity contribution is 6.06. The fourth-order valence-electron chi connectivity index (χ4n) is 1.94. The fourth-order valence-corrected chi connectivity index (χ4v) is 1.94. The lowest BCUT2D eigenvalue weighted by molar-refractivity contribution is 0.0963. The Morgan fingerprint density at radius 1 is 1.47 bits per heavy atom. The summed E-state index contributed by atoms with van der Waals surface area (Å²) in [6.07, 6.45) is 0. The van der Waals surface area contributed by atoms with E-state index in [1.807, 2.05) is 31.1 Å². The van der Waals surface area contributed by atoms with Crippen molar-refractivity contribution in [2.75, 3.05) is 26.0 Å². The summed E-state index contributed by atoms with van der Waals surface area (Å²) in [6.45, 7) is 0.593. The van der Waals surface area contributed by atoms with E-state index in [4.69, 9.17) is 5.73 Å². The second-order valence-electron chi connectivity index (χ2n) is 4.20. The Morgan fingerprint density at radius 3 is 2.76 bits per heavy atom. The van der Waals surface area contributed by atoms with Gasteiger partial charge in [0.05, 0.1) is 12.1 Å². The molecule has 17 heavy (non-hydrogen) atoms. The van der Waals surface area contributed by atoms with Crippen molar-refractivity contribution in [1.82, 2.24) is 5.32 Å². The van der Waals surface area contributed by atoms with Gasteiger partial charge in [-0.1, -0.05) is 0 Å². The number of anilines is 1. The monoisotopic (exact) mass is 232 g/mol. The molecule has 2 rings (SSSR count). The van der Waals surface area contributed by atoms with Crippen molar-refractivity contribution >= 4 is 17.4 Å². The molecule has 3 N–H and O–H groups in total. The highest BCUT2D eigenvalue weighted by Crippen LogP contribution is 2.27. The largest absolute Gasteiger partial charge is 0.383 e. The Bertz CT molecular complexity index is 505. The number of benzene rings is 1. The molecule has 0 unspecified atom stereocenters. The van der Waals surface area contributed by atoms with Crippen LogP contribution >= 0.6 is 0 Å². The molecular formula is C12H16N4O. The highest BCUT2D eigenvalue weighted by Gasteiger charge is 2.20. The van der Waals surface area contributed by atoms with Crippen LogP contribution in [0.5, 0.6) is 0 Å². The lowest BCUT2D eigenvalue weighted by Crippen LogP contribution is -2.23. The van der Waals surface area contributed by atoms with E-state index in [1.165, 1.54) is 0 Å². The fraction of sp³-hybridized carbons (Fsp3) is 0.333. The number of aliphatic imine (C=N–C) groups is 1. The minimum absolute atomic E-state index is 0.115. The molecule has 1 aliphatic heterocycles. The zero-order chi connectivity index (χ0) is 12.6. The van der Waals surface area contributed by atoms with Crippen molar-refractivity contribution in [1.29, 1.82) is 0 Å². The molecule has 90 valence electrons. The van der Waals surface area contributed by atoms with Crippen molar-refractivity contribution in [2.24, 2.45) is 10.7 Å². The summed E-state index contributed by atoms with van der Waals surface area (Å²) in [5.41, 5.74) is 9.23. The quantitative estimate of drug-likeness (QED) is 0.772. The van der Waals surface area contributed by atoms with Crippen molar-refractivity contribution in [3.05, 3.63) is 28.8 Å². The molecule has 0 atom stereocenters. The third-order valence-corrected chi connectivity index (χ3v) is 2.87. The van der Waals surface area contributed by atoms with E-state index in [0.29, 0.717) is 17.9 Å². The van der Waals surface area contributed by atoms with Crippen LogP contribution in [-0.4, -0.2) is 32.9 Å². The summed E-state index contributed by atoms with van der Waals surface area (Å²) >= 11 is 0. The maximum absolute atomic E-state index is 11.8. The lowest BCUT2D eigenvalue weighted by Gasteiger charge is -2.18. The summed E-state index contributed by atoms with van der Waals surface area (Å²) in [5.74, 6) is 0.395.